The van der Waals surface area contributed by atoms with Crippen LogP contribution in [0.5, 0.6) is 11.5 Å². The maximum absolute atomic E-state index is 12.3. The first-order valence-corrected chi connectivity index (χ1v) is 8.91. The van der Waals surface area contributed by atoms with E-state index in [0.717, 1.165) is 22.6 Å². The van der Waals surface area contributed by atoms with Crippen LogP contribution in [0.3, 0.4) is 0 Å². The Morgan fingerprint density at radius 1 is 0.889 bits per heavy atom. The van der Waals surface area contributed by atoms with Gasteiger partial charge in [0.05, 0.1) is 0 Å². The number of rotatable bonds is 7. The second kappa shape index (κ2) is 8.90. The minimum atomic E-state index is -0.609. The van der Waals surface area contributed by atoms with Gasteiger partial charge in [0.25, 0.3) is 5.91 Å². The summed E-state index contributed by atoms with van der Waals surface area (Å²) in [7, 11) is 0. The number of aryl methyl sites for hydroxylation is 1. The lowest BCUT2D eigenvalue weighted by atomic mass is 10.2. The number of anilines is 1. The Morgan fingerprint density at radius 3 is 2.19 bits per heavy atom. The molecular formula is C23H23NO3. The fourth-order valence-electron chi connectivity index (χ4n) is 2.49. The first kappa shape index (κ1) is 18.5. The molecule has 138 valence electrons. The molecule has 4 heteroatoms. The lowest BCUT2D eigenvalue weighted by Crippen LogP contribution is -2.30. The molecule has 27 heavy (non-hydrogen) atoms. The average molecular weight is 361 g/mol. The van der Waals surface area contributed by atoms with Gasteiger partial charge in [0, 0.05) is 5.69 Å². The summed E-state index contributed by atoms with van der Waals surface area (Å²) in [5, 5.41) is 2.85. The SMILES string of the molecule is Cc1ccc(NC(=O)C(C)Oc2ccc(OCc3ccccc3)cc2)cc1. The van der Waals surface area contributed by atoms with Gasteiger partial charge in [0.1, 0.15) is 18.1 Å². The molecule has 0 aliphatic carbocycles. The lowest BCUT2D eigenvalue weighted by molar-refractivity contribution is -0.122. The van der Waals surface area contributed by atoms with Crippen LogP contribution in [-0.4, -0.2) is 12.0 Å². The lowest BCUT2D eigenvalue weighted by Gasteiger charge is -2.15. The van der Waals surface area contributed by atoms with E-state index in [0.29, 0.717) is 12.4 Å². The summed E-state index contributed by atoms with van der Waals surface area (Å²) in [6.07, 6.45) is -0.609. The van der Waals surface area contributed by atoms with E-state index < -0.39 is 6.10 Å². The number of nitrogens with one attached hydrogen (secondary N) is 1. The molecular weight excluding hydrogens is 338 g/mol. The maximum Gasteiger partial charge on any atom is 0.265 e. The van der Waals surface area contributed by atoms with Crippen LogP contribution in [0.2, 0.25) is 0 Å². The molecule has 0 aliphatic rings. The predicted molar refractivity (Wildman–Crippen MR) is 107 cm³/mol. The van der Waals surface area contributed by atoms with Gasteiger partial charge in [0.15, 0.2) is 6.10 Å². The van der Waals surface area contributed by atoms with Gasteiger partial charge in [-0.3, -0.25) is 4.79 Å². The first-order chi connectivity index (χ1) is 13.1. The van der Waals surface area contributed by atoms with Gasteiger partial charge in [-0.05, 0) is 55.8 Å². The zero-order valence-corrected chi connectivity index (χ0v) is 15.5. The summed E-state index contributed by atoms with van der Waals surface area (Å²) in [6.45, 7) is 4.24. The third-order valence-electron chi connectivity index (χ3n) is 4.07. The van der Waals surface area contributed by atoms with Crippen molar-refractivity contribution in [3.63, 3.8) is 0 Å². The second-order valence-electron chi connectivity index (χ2n) is 6.36. The van der Waals surface area contributed by atoms with Gasteiger partial charge in [-0.15, -0.1) is 0 Å². The van der Waals surface area contributed by atoms with Crippen LogP contribution in [0.4, 0.5) is 5.69 Å². The van der Waals surface area contributed by atoms with Gasteiger partial charge in [0.2, 0.25) is 0 Å². The van der Waals surface area contributed by atoms with Gasteiger partial charge >= 0.3 is 0 Å². The van der Waals surface area contributed by atoms with E-state index in [1.807, 2.05) is 73.7 Å². The van der Waals surface area contributed by atoms with Crippen molar-refractivity contribution in [2.24, 2.45) is 0 Å². The molecule has 0 saturated heterocycles. The van der Waals surface area contributed by atoms with Crippen LogP contribution in [0.1, 0.15) is 18.1 Å². The van der Waals surface area contributed by atoms with E-state index in [4.69, 9.17) is 9.47 Å². The smallest absolute Gasteiger partial charge is 0.265 e. The molecule has 0 fully saturated rings. The fraction of sp³-hybridized carbons (Fsp3) is 0.174. The highest BCUT2D eigenvalue weighted by Crippen LogP contribution is 2.20. The van der Waals surface area contributed by atoms with Gasteiger partial charge in [-0.2, -0.15) is 0 Å². The molecule has 0 aromatic heterocycles. The molecule has 1 atom stereocenters. The molecule has 0 heterocycles. The molecule has 0 saturated carbocycles. The Morgan fingerprint density at radius 2 is 1.52 bits per heavy atom. The normalized spacial score (nSPS) is 11.5. The number of benzene rings is 3. The summed E-state index contributed by atoms with van der Waals surface area (Å²) in [4.78, 5) is 12.3. The molecule has 1 amide bonds. The highest BCUT2D eigenvalue weighted by Gasteiger charge is 2.14. The van der Waals surface area contributed by atoms with Crippen molar-refractivity contribution in [3.05, 3.63) is 90.0 Å². The van der Waals surface area contributed by atoms with Crippen molar-refractivity contribution >= 4 is 11.6 Å². The van der Waals surface area contributed by atoms with Crippen molar-refractivity contribution < 1.29 is 14.3 Å². The van der Waals surface area contributed by atoms with Crippen molar-refractivity contribution in [2.75, 3.05) is 5.32 Å². The van der Waals surface area contributed by atoms with Crippen LogP contribution in [-0.2, 0) is 11.4 Å². The average Bonchev–Trinajstić information content (AvgIpc) is 2.70. The van der Waals surface area contributed by atoms with Gasteiger partial charge < -0.3 is 14.8 Å². The highest BCUT2D eigenvalue weighted by molar-refractivity contribution is 5.94. The summed E-state index contributed by atoms with van der Waals surface area (Å²) in [5.74, 6) is 1.18. The van der Waals surface area contributed by atoms with E-state index >= 15 is 0 Å². The molecule has 1 unspecified atom stereocenters. The van der Waals surface area contributed by atoms with E-state index in [2.05, 4.69) is 5.32 Å². The Hall–Kier alpha value is -3.27. The molecule has 3 aromatic rings. The van der Waals surface area contributed by atoms with Crippen LogP contribution in [0.15, 0.2) is 78.9 Å². The largest absolute Gasteiger partial charge is 0.489 e. The number of carbonyl (C=O) groups excluding carboxylic acids is 1. The van der Waals surface area contributed by atoms with E-state index in [1.54, 1.807) is 19.1 Å². The van der Waals surface area contributed by atoms with E-state index in [1.165, 1.54) is 0 Å². The van der Waals surface area contributed by atoms with Crippen LogP contribution in [0.25, 0.3) is 0 Å². The molecule has 4 nitrogen and oxygen atoms in total. The summed E-state index contributed by atoms with van der Waals surface area (Å²) in [6, 6.07) is 24.9. The van der Waals surface area contributed by atoms with Crippen LogP contribution < -0.4 is 14.8 Å². The molecule has 3 aromatic carbocycles. The highest BCUT2D eigenvalue weighted by atomic mass is 16.5. The van der Waals surface area contributed by atoms with Crippen LogP contribution in [0, 0.1) is 6.92 Å². The fourth-order valence-corrected chi connectivity index (χ4v) is 2.49. The van der Waals surface area contributed by atoms with E-state index in [9.17, 15) is 4.79 Å². The first-order valence-electron chi connectivity index (χ1n) is 8.91. The third kappa shape index (κ3) is 5.61. The van der Waals surface area contributed by atoms with Crippen LogP contribution >= 0.6 is 0 Å². The van der Waals surface area contributed by atoms with Crippen molar-refractivity contribution in [3.8, 4) is 11.5 Å². The predicted octanol–water partition coefficient (Wildman–Crippen LogP) is 4.98. The molecule has 0 bridgehead atoms. The minimum Gasteiger partial charge on any atom is -0.489 e. The maximum atomic E-state index is 12.3. The Labute approximate surface area is 159 Å². The van der Waals surface area contributed by atoms with Gasteiger partial charge in [-0.1, -0.05) is 48.0 Å². The van der Waals surface area contributed by atoms with Crippen molar-refractivity contribution in [1.29, 1.82) is 0 Å². The zero-order valence-electron chi connectivity index (χ0n) is 15.5. The quantitative estimate of drug-likeness (QED) is 0.646. The molecule has 1 N–H and O–H groups in total. The Kier molecular flexibility index (Phi) is 6.10. The Balaban J connectivity index is 1.51. The summed E-state index contributed by atoms with van der Waals surface area (Å²) >= 11 is 0. The standard InChI is InChI=1S/C23H23NO3/c1-17-8-10-20(11-9-17)24-23(25)18(2)27-22-14-12-21(13-15-22)26-16-19-6-4-3-5-7-19/h3-15,18H,16H2,1-2H3,(H,24,25). The number of ether oxygens (including phenoxy) is 2. The monoisotopic (exact) mass is 361 g/mol. The summed E-state index contributed by atoms with van der Waals surface area (Å²) < 4.78 is 11.5. The topological polar surface area (TPSA) is 47.6 Å². The second-order valence-corrected chi connectivity index (χ2v) is 6.36. The number of amides is 1. The van der Waals surface area contributed by atoms with Crippen molar-refractivity contribution in [1.82, 2.24) is 0 Å². The minimum absolute atomic E-state index is 0.191. The molecule has 0 aliphatic heterocycles. The Bertz CT molecular complexity index is 858. The van der Waals surface area contributed by atoms with E-state index in [-0.39, 0.29) is 5.91 Å². The summed E-state index contributed by atoms with van der Waals surface area (Å²) in [5.41, 5.74) is 3.01. The number of hydrogen-bond donors (Lipinski definition) is 1. The number of hydrogen-bond acceptors (Lipinski definition) is 3. The third-order valence-corrected chi connectivity index (χ3v) is 4.07. The van der Waals surface area contributed by atoms with Crippen molar-refractivity contribution in [2.45, 2.75) is 26.6 Å². The molecule has 0 radical (unpaired) electrons. The zero-order chi connectivity index (χ0) is 19.1. The number of carbonyl (C=O) groups is 1. The molecule has 3 rings (SSSR count). The van der Waals surface area contributed by atoms with Gasteiger partial charge in [-0.25, -0.2) is 0 Å². The molecule has 0 spiro atoms.